The minimum absolute atomic E-state index is 0.0730. The highest BCUT2D eigenvalue weighted by Crippen LogP contribution is 2.66. The molecule has 186 valence electrons. The Morgan fingerprint density at radius 2 is 1.42 bits per heavy atom. The Morgan fingerprint density at radius 1 is 0.879 bits per heavy atom. The van der Waals surface area contributed by atoms with Crippen molar-refractivity contribution in [1.82, 2.24) is 4.67 Å². The van der Waals surface area contributed by atoms with Crippen molar-refractivity contribution in [2.24, 2.45) is 0 Å². The van der Waals surface area contributed by atoms with E-state index in [2.05, 4.69) is 24.5 Å². The largest absolute Gasteiger partial charge is 0.538 e. The molecule has 0 saturated carbocycles. The maximum absolute atomic E-state index is 13.9. The van der Waals surface area contributed by atoms with E-state index in [-0.39, 0.29) is 29.1 Å². The van der Waals surface area contributed by atoms with Gasteiger partial charge in [-0.3, -0.25) is 4.89 Å². The van der Waals surface area contributed by atoms with Gasteiger partial charge in [-0.1, -0.05) is 33.8 Å². The molecular weight excluding hydrogens is 504 g/mol. The molecular formula is C20H33N3O6P2S2. The third-order valence-corrected chi connectivity index (χ3v) is 9.47. The molecule has 0 aliphatic carbocycles. The van der Waals surface area contributed by atoms with E-state index < -0.39 is 20.7 Å². The summed E-state index contributed by atoms with van der Waals surface area (Å²) in [5, 5.41) is 5.14. The first-order chi connectivity index (χ1) is 15.1. The highest BCUT2D eigenvalue weighted by Gasteiger charge is 2.48. The predicted octanol–water partition coefficient (Wildman–Crippen LogP) is 6.72. The lowest BCUT2D eigenvalue weighted by molar-refractivity contribution is 0.197. The van der Waals surface area contributed by atoms with Crippen molar-refractivity contribution in [2.45, 2.75) is 79.3 Å². The summed E-state index contributed by atoms with van der Waals surface area (Å²) < 4.78 is 43.7. The van der Waals surface area contributed by atoms with Crippen molar-refractivity contribution in [3.8, 4) is 0 Å². The first kappa shape index (κ1) is 28.2. The fraction of sp³-hybridized carbons (Fsp3) is 0.600. The fourth-order valence-electron chi connectivity index (χ4n) is 3.88. The van der Waals surface area contributed by atoms with Crippen LogP contribution < -0.4 is 10.6 Å². The first-order valence-electron chi connectivity index (χ1n) is 10.7. The Hall–Kier alpha value is -1.06. The van der Waals surface area contributed by atoms with Crippen molar-refractivity contribution >= 4 is 61.7 Å². The summed E-state index contributed by atoms with van der Waals surface area (Å²) in [7, 11) is -9.41. The number of hydrogen-bond donors (Lipinski definition) is 3. The summed E-state index contributed by atoms with van der Waals surface area (Å²) in [5.41, 5.74) is 3.02. The minimum Gasteiger partial charge on any atom is -0.386 e. The number of phosphoric ester groups is 1. The second-order valence-electron chi connectivity index (χ2n) is 8.89. The highest BCUT2D eigenvalue weighted by atomic mass is 32.1. The third-order valence-electron chi connectivity index (χ3n) is 4.89. The van der Waals surface area contributed by atoms with Gasteiger partial charge >= 0.3 is 15.6 Å². The van der Waals surface area contributed by atoms with Crippen LogP contribution in [0.3, 0.4) is 0 Å². The van der Waals surface area contributed by atoms with Gasteiger partial charge in [-0.25, -0.2) is 9.13 Å². The molecule has 33 heavy (non-hydrogen) atoms. The number of fused-ring (bicyclic) bond motifs is 1. The third kappa shape index (κ3) is 6.75. The zero-order valence-electron chi connectivity index (χ0n) is 20.1. The van der Waals surface area contributed by atoms with E-state index in [4.69, 9.17) is 37.8 Å². The monoisotopic (exact) mass is 537 g/mol. The molecule has 2 rings (SSSR count). The van der Waals surface area contributed by atoms with Crippen LogP contribution in [0.1, 0.15) is 78.4 Å². The van der Waals surface area contributed by atoms with Gasteiger partial charge in [0.05, 0.1) is 11.4 Å². The summed E-state index contributed by atoms with van der Waals surface area (Å²) in [5.74, 6) is 0.277. The second-order valence-corrected chi connectivity index (χ2v) is 13.0. The molecule has 3 N–H and O–H groups in total. The van der Waals surface area contributed by atoms with E-state index in [1.54, 1.807) is 33.8 Å². The van der Waals surface area contributed by atoms with Crippen LogP contribution in [0.15, 0.2) is 12.1 Å². The quantitative estimate of drug-likeness (QED) is 0.275. The molecule has 2 unspecified atom stereocenters. The summed E-state index contributed by atoms with van der Waals surface area (Å²) in [4.78, 5) is 10.3. The van der Waals surface area contributed by atoms with Gasteiger partial charge in [-0.05, 0) is 81.2 Å². The fourth-order valence-corrected chi connectivity index (χ4v) is 8.04. The molecule has 9 nitrogen and oxygen atoms in total. The van der Waals surface area contributed by atoms with Gasteiger partial charge in [0.2, 0.25) is 0 Å². The lowest BCUT2D eigenvalue weighted by atomic mass is 9.88. The maximum Gasteiger partial charge on any atom is 0.538 e. The number of rotatable bonds is 5. The number of thiocarbonyl (C=S) groups is 2. The Morgan fingerprint density at radius 3 is 1.91 bits per heavy atom. The summed E-state index contributed by atoms with van der Waals surface area (Å²) in [6, 6.07) is 2.95. The molecule has 1 aliphatic rings. The standard InChI is InChI=1S/C20H33N3O6P2S2/c1-11(2)15-9-10-16-18(17(15)12(3)4)22-20(33)27-30(24,23(13(5)6)14(7)8)29-31(25,26)28-19(32)21-16/h9-14H,1-8H3,(H,21,32)(H,22,33)(H,25,26). The van der Waals surface area contributed by atoms with E-state index in [1.165, 1.54) is 4.67 Å². The van der Waals surface area contributed by atoms with Crippen LogP contribution >= 0.6 is 40.0 Å². The zero-order valence-corrected chi connectivity index (χ0v) is 23.5. The number of nitrogens with zero attached hydrogens (tertiary/aromatic N) is 1. The van der Waals surface area contributed by atoms with Gasteiger partial charge in [0.15, 0.2) is 0 Å². The average Bonchev–Trinajstić information content (AvgIpc) is 2.60. The lowest BCUT2D eigenvalue weighted by Crippen LogP contribution is -2.36. The van der Waals surface area contributed by atoms with Crippen molar-refractivity contribution in [3.63, 3.8) is 0 Å². The number of benzene rings is 1. The maximum atomic E-state index is 13.9. The van der Waals surface area contributed by atoms with E-state index in [0.29, 0.717) is 11.4 Å². The minimum atomic E-state index is -4.95. The first-order valence-corrected chi connectivity index (χ1v) is 14.5. The number of phosphoric acid groups is 1. The van der Waals surface area contributed by atoms with Gasteiger partial charge in [0.1, 0.15) is 0 Å². The SMILES string of the molecule is CC(C)c1ccc2c(c1C(C)C)NC(=S)OP(=O)(N(C(C)C)C(C)C)OP(=O)(O)OC(=S)N2. The Labute approximate surface area is 206 Å². The Balaban J connectivity index is 2.72. The molecule has 13 heteroatoms. The highest BCUT2D eigenvalue weighted by molar-refractivity contribution is 7.81. The molecule has 0 spiro atoms. The van der Waals surface area contributed by atoms with Crippen LogP contribution in [0.4, 0.5) is 11.4 Å². The van der Waals surface area contributed by atoms with E-state index >= 15 is 0 Å². The molecule has 0 bridgehead atoms. The Bertz CT molecular complexity index is 1010. The van der Waals surface area contributed by atoms with Gasteiger partial charge in [-0.15, -0.1) is 0 Å². The second kappa shape index (κ2) is 10.7. The summed E-state index contributed by atoms with van der Waals surface area (Å²) in [6.07, 6.45) is 0. The van der Waals surface area contributed by atoms with Crippen LogP contribution in [-0.2, 0) is 22.5 Å². The zero-order chi connectivity index (χ0) is 25.3. The van der Waals surface area contributed by atoms with Gasteiger partial charge in [-0.2, -0.15) is 8.98 Å². The molecule has 0 saturated heterocycles. The summed E-state index contributed by atoms with van der Waals surface area (Å²) in [6.45, 7) is 15.2. The number of anilines is 2. The topological polar surface area (TPSA) is 109 Å². The van der Waals surface area contributed by atoms with E-state index in [9.17, 15) is 14.0 Å². The van der Waals surface area contributed by atoms with Gasteiger partial charge in [0.25, 0.3) is 10.3 Å². The molecule has 1 aromatic carbocycles. The number of hydrogen-bond acceptors (Lipinski definition) is 7. The molecule has 1 aliphatic heterocycles. The Kier molecular flexibility index (Phi) is 9.13. The van der Waals surface area contributed by atoms with Crippen LogP contribution in [0.5, 0.6) is 0 Å². The van der Waals surface area contributed by atoms with Gasteiger partial charge in [0, 0.05) is 12.1 Å². The van der Waals surface area contributed by atoms with Crippen molar-refractivity contribution in [1.29, 1.82) is 0 Å². The molecule has 0 aromatic heterocycles. The van der Waals surface area contributed by atoms with Crippen molar-refractivity contribution in [3.05, 3.63) is 23.3 Å². The molecule has 2 atom stereocenters. The van der Waals surface area contributed by atoms with Crippen LogP contribution in [0.2, 0.25) is 0 Å². The smallest absolute Gasteiger partial charge is 0.386 e. The van der Waals surface area contributed by atoms with E-state index in [1.807, 2.05) is 19.9 Å². The number of nitrogens with one attached hydrogen (secondary N) is 2. The molecule has 0 fully saturated rings. The molecule has 0 radical (unpaired) electrons. The summed E-state index contributed by atoms with van der Waals surface area (Å²) >= 11 is 10.5. The molecule has 1 heterocycles. The van der Waals surface area contributed by atoms with E-state index in [0.717, 1.165) is 11.1 Å². The molecule has 0 amide bonds. The van der Waals surface area contributed by atoms with Crippen LogP contribution in [0, 0.1) is 0 Å². The normalized spacial score (nSPS) is 24.3. The van der Waals surface area contributed by atoms with Crippen LogP contribution in [0.25, 0.3) is 0 Å². The predicted molar refractivity (Wildman–Crippen MR) is 140 cm³/mol. The van der Waals surface area contributed by atoms with Crippen molar-refractivity contribution in [2.75, 3.05) is 10.6 Å². The average molecular weight is 538 g/mol. The lowest BCUT2D eigenvalue weighted by Gasteiger charge is -2.35. The molecule has 1 aromatic rings. The van der Waals surface area contributed by atoms with Crippen molar-refractivity contribution < 1.29 is 27.4 Å². The van der Waals surface area contributed by atoms with Crippen LogP contribution in [-0.4, -0.2) is 32.0 Å². The van der Waals surface area contributed by atoms with Gasteiger partial charge < -0.3 is 19.7 Å².